The fourth-order valence-corrected chi connectivity index (χ4v) is 3.86. The summed E-state index contributed by atoms with van der Waals surface area (Å²) in [5.74, 6) is -0.508. The SMILES string of the molecule is CC(C)=NNC(=O)CN(c1cccc(C)c1C)S(=O)(=O)c1ccccc1. The van der Waals surface area contributed by atoms with E-state index >= 15 is 0 Å². The first-order valence-electron chi connectivity index (χ1n) is 8.17. The zero-order valence-corrected chi connectivity index (χ0v) is 16.2. The molecule has 0 spiro atoms. The molecule has 0 heterocycles. The number of nitrogens with zero attached hydrogens (tertiary/aromatic N) is 2. The standard InChI is InChI=1S/C19H23N3O3S/c1-14(2)20-21-19(23)13-22(18-12-8-9-15(3)16(18)4)26(24,25)17-10-6-5-7-11-17/h5-12H,13H2,1-4H3,(H,21,23). The highest BCUT2D eigenvalue weighted by Crippen LogP contribution is 2.28. The van der Waals surface area contributed by atoms with Crippen LogP contribution >= 0.6 is 0 Å². The highest BCUT2D eigenvalue weighted by atomic mass is 32.2. The number of hydrogen-bond donors (Lipinski definition) is 1. The summed E-state index contributed by atoms with van der Waals surface area (Å²) in [6.45, 7) is 6.85. The second-order valence-corrected chi connectivity index (χ2v) is 8.00. The van der Waals surface area contributed by atoms with Gasteiger partial charge in [-0.2, -0.15) is 5.10 Å². The Morgan fingerprint density at radius 3 is 2.31 bits per heavy atom. The molecular formula is C19H23N3O3S. The molecule has 1 N–H and O–H groups in total. The molecule has 0 aliphatic heterocycles. The van der Waals surface area contributed by atoms with Crippen molar-refractivity contribution >= 4 is 27.3 Å². The third-order valence-corrected chi connectivity index (χ3v) is 5.64. The molecule has 26 heavy (non-hydrogen) atoms. The second-order valence-electron chi connectivity index (χ2n) is 6.14. The van der Waals surface area contributed by atoms with E-state index in [0.717, 1.165) is 15.4 Å². The zero-order valence-electron chi connectivity index (χ0n) is 15.4. The van der Waals surface area contributed by atoms with Gasteiger partial charge in [0.25, 0.3) is 15.9 Å². The van der Waals surface area contributed by atoms with Crippen LogP contribution in [0.4, 0.5) is 5.69 Å². The van der Waals surface area contributed by atoms with Crippen LogP contribution in [0.3, 0.4) is 0 Å². The Hall–Kier alpha value is -2.67. The largest absolute Gasteiger partial charge is 0.271 e. The summed E-state index contributed by atoms with van der Waals surface area (Å²) in [6.07, 6.45) is 0. The van der Waals surface area contributed by atoms with Crippen LogP contribution in [-0.4, -0.2) is 26.6 Å². The average Bonchev–Trinajstić information content (AvgIpc) is 2.61. The van der Waals surface area contributed by atoms with Gasteiger partial charge in [0, 0.05) is 5.71 Å². The van der Waals surface area contributed by atoms with E-state index in [4.69, 9.17) is 0 Å². The van der Waals surface area contributed by atoms with Crippen molar-refractivity contribution in [3.05, 3.63) is 59.7 Å². The smallest absolute Gasteiger partial charge is 0.264 e. The molecule has 0 atom stereocenters. The van der Waals surface area contributed by atoms with E-state index in [2.05, 4.69) is 10.5 Å². The molecule has 0 radical (unpaired) electrons. The lowest BCUT2D eigenvalue weighted by Crippen LogP contribution is -2.40. The molecule has 1 amide bonds. The number of sulfonamides is 1. The van der Waals surface area contributed by atoms with Crippen LogP contribution in [0.5, 0.6) is 0 Å². The number of aryl methyl sites for hydroxylation is 1. The molecule has 7 heteroatoms. The Labute approximate surface area is 154 Å². The number of rotatable bonds is 6. The van der Waals surface area contributed by atoms with E-state index in [9.17, 15) is 13.2 Å². The fourth-order valence-electron chi connectivity index (χ4n) is 2.37. The number of benzene rings is 2. The predicted molar refractivity (Wildman–Crippen MR) is 104 cm³/mol. The number of amides is 1. The van der Waals surface area contributed by atoms with Gasteiger partial charge in [0.1, 0.15) is 6.54 Å². The highest BCUT2D eigenvalue weighted by molar-refractivity contribution is 7.92. The molecule has 0 saturated heterocycles. The lowest BCUT2D eigenvalue weighted by molar-refractivity contribution is -0.119. The van der Waals surface area contributed by atoms with Crippen LogP contribution in [0.2, 0.25) is 0 Å². The van der Waals surface area contributed by atoms with Crippen LogP contribution in [0, 0.1) is 13.8 Å². The summed E-state index contributed by atoms with van der Waals surface area (Å²) in [6, 6.07) is 13.4. The maximum atomic E-state index is 13.2. The summed E-state index contributed by atoms with van der Waals surface area (Å²) in [7, 11) is -3.90. The van der Waals surface area contributed by atoms with Crippen molar-refractivity contribution in [3.8, 4) is 0 Å². The number of hydrazone groups is 1. The highest BCUT2D eigenvalue weighted by Gasteiger charge is 2.28. The number of hydrogen-bond acceptors (Lipinski definition) is 4. The van der Waals surface area contributed by atoms with Gasteiger partial charge in [0.05, 0.1) is 10.6 Å². The number of carbonyl (C=O) groups excluding carboxylic acids is 1. The van der Waals surface area contributed by atoms with Gasteiger partial charge < -0.3 is 0 Å². The topological polar surface area (TPSA) is 78.8 Å². The predicted octanol–water partition coefficient (Wildman–Crippen LogP) is 3.01. The van der Waals surface area contributed by atoms with Gasteiger partial charge in [-0.15, -0.1) is 0 Å². The minimum absolute atomic E-state index is 0.129. The summed E-state index contributed by atoms with van der Waals surface area (Å²) in [4.78, 5) is 12.4. The van der Waals surface area contributed by atoms with Gasteiger partial charge in [-0.25, -0.2) is 13.8 Å². The third kappa shape index (κ3) is 4.49. The van der Waals surface area contributed by atoms with E-state index in [0.29, 0.717) is 11.4 Å². The Kier molecular flexibility index (Phi) is 6.15. The molecule has 138 valence electrons. The van der Waals surface area contributed by atoms with Crippen LogP contribution in [0.15, 0.2) is 58.5 Å². The molecule has 0 aliphatic rings. The van der Waals surface area contributed by atoms with E-state index in [-0.39, 0.29) is 11.4 Å². The third-order valence-electron chi connectivity index (χ3n) is 3.87. The van der Waals surface area contributed by atoms with Crippen molar-refractivity contribution in [2.45, 2.75) is 32.6 Å². The molecule has 0 aromatic heterocycles. The lowest BCUT2D eigenvalue weighted by atomic mass is 10.1. The Morgan fingerprint density at radius 2 is 1.69 bits per heavy atom. The van der Waals surface area contributed by atoms with Gasteiger partial charge >= 0.3 is 0 Å². The normalized spacial score (nSPS) is 10.9. The Balaban J connectivity index is 2.50. The average molecular weight is 373 g/mol. The first kappa shape index (κ1) is 19.7. The molecule has 0 bridgehead atoms. The van der Waals surface area contributed by atoms with Crippen molar-refractivity contribution in [2.24, 2.45) is 5.10 Å². The molecule has 0 unspecified atom stereocenters. The number of carbonyl (C=O) groups is 1. The summed E-state index contributed by atoms with van der Waals surface area (Å²) in [5.41, 5.74) is 5.27. The maximum absolute atomic E-state index is 13.2. The molecule has 2 aromatic carbocycles. The monoisotopic (exact) mass is 373 g/mol. The van der Waals surface area contributed by atoms with Gasteiger partial charge in [0.2, 0.25) is 0 Å². The van der Waals surface area contributed by atoms with Crippen molar-refractivity contribution in [3.63, 3.8) is 0 Å². The van der Waals surface area contributed by atoms with Crippen LogP contribution in [-0.2, 0) is 14.8 Å². The van der Waals surface area contributed by atoms with Crippen LogP contribution in [0.25, 0.3) is 0 Å². The van der Waals surface area contributed by atoms with Crippen LogP contribution < -0.4 is 9.73 Å². The van der Waals surface area contributed by atoms with Gasteiger partial charge in [-0.1, -0.05) is 30.3 Å². The molecule has 0 aliphatic carbocycles. The van der Waals surface area contributed by atoms with E-state index < -0.39 is 15.9 Å². The van der Waals surface area contributed by atoms with Crippen LogP contribution in [0.1, 0.15) is 25.0 Å². The molecule has 0 fully saturated rings. The molecule has 2 aromatic rings. The zero-order chi connectivity index (χ0) is 19.3. The summed E-state index contributed by atoms with van der Waals surface area (Å²) < 4.78 is 27.5. The second kappa shape index (κ2) is 8.14. The minimum Gasteiger partial charge on any atom is -0.271 e. The van der Waals surface area contributed by atoms with E-state index in [1.54, 1.807) is 44.2 Å². The quantitative estimate of drug-likeness (QED) is 0.624. The first-order valence-corrected chi connectivity index (χ1v) is 9.61. The van der Waals surface area contributed by atoms with Gasteiger partial charge in [-0.05, 0) is 57.0 Å². The van der Waals surface area contributed by atoms with E-state index in [1.807, 2.05) is 19.9 Å². The molecule has 0 saturated carbocycles. The molecular weight excluding hydrogens is 350 g/mol. The van der Waals surface area contributed by atoms with Gasteiger partial charge in [0.15, 0.2) is 0 Å². The van der Waals surface area contributed by atoms with Crippen molar-refractivity contribution in [1.29, 1.82) is 0 Å². The Bertz CT molecular complexity index is 918. The van der Waals surface area contributed by atoms with Crippen molar-refractivity contribution in [1.82, 2.24) is 5.43 Å². The molecule has 6 nitrogen and oxygen atoms in total. The minimum atomic E-state index is -3.90. The van der Waals surface area contributed by atoms with Crippen molar-refractivity contribution < 1.29 is 13.2 Å². The van der Waals surface area contributed by atoms with Crippen molar-refractivity contribution in [2.75, 3.05) is 10.8 Å². The van der Waals surface area contributed by atoms with E-state index in [1.165, 1.54) is 12.1 Å². The first-order chi connectivity index (χ1) is 12.2. The number of anilines is 1. The summed E-state index contributed by atoms with van der Waals surface area (Å²) in [5, 5.41) is 3.86. The van der Waals surface area contributed by atoms with Gasteiger partial charge in [-0.3, -0.25) is 9.10 Å². The lowest BCUT2D eigenvalue weighted by Gasteiger charge is -2.26. The Morgan fingerprint density at radius 1 is 1.04 bits per heavy atom. The maximum Gasteiger partial charge on any atom is 0.264 e. The summed E-state index contributed by atoms with van der Waals surface area (Å²) >= 11 is 0. The number of nitrogens with one attached hydrogen (secondary N) is 1. The molecule has 2 rings (SSSR count). The fraction of sp³-hybridized carbons (Fsp3) is 0.263.